The molecule has 0 spiro atoms. The fourth-order valence-electron chi connectivity index (χ4n) is 2.63. The Morgan fingerprint density at radius 3 is 2.74 bits per heavy atom. The molecular weight excluding hydrogens is 288 g/mol. The molecule has 23 heavy (non-hydrogen) atoms. The summed E-state index contributed by atoms with van der Waals surface area (Å²) in [5.74, 6) is -0.0290. The zero-order valence-corrected chi connectivity index (χ0v) is 13.1. The highest BCUT2D eigenvalue weighted by Gasteiger charge is 2.10. The number of benzene rings is 2. The van der Waals surface area contributed by atoms with E-state index >= 15 is 0 Å². The molecule has 0 bridgehead atoms. The van der Waals surface area contributed by atoms with Crippen molar-refractivity contribution in [1.29, 1.82) is 0 Å². The van der Waals surface area contributed by atoms with E-state index in [0.717, 1.165) is 27.7 Å². The van der Waals surface area contributed by atoms with Crippen LogP contribution in [0.5, 0.6) is 0 Å². The quantitative estimate of drug-likeness (QED) is 0.726. The van der Waals surface area contributed by atoms with E-state index in [1.807, 2.05) is 61.7 Å². The van der Waals surface area contributed by atoms with Crippen molar-refractivity contribution >= 4 is 22.5 Å². The first-order valence-corrected chi connectivity index (χ1v) is 7.78. The lowest BCUT2D eigenvalue weighted by Gasteiger charge is -2.11. The van der Waals surface area contributed by atoms with Gasteiger partial charge < -0.3 is 15.0 Å². The normalized spacial score (nSPS) is 10.8. The van der Waals surface area contributed by atoms with Gasteiger partial charge in [0.05, 0.1) is 13.0 Å². The molecule has 3 rings (SSSR count). The Morgan fingerprint density at radius 1 is 1.09 bits per heavy atom. The van der Waals surface area contributed by atoms with E-state index in [0.29, 0.717) is 19.6 Å². The third-order valence-electron chi connectivity index (χ3n) is 3.78. The van der Waals surface area contributed by atoms with Crippen LogP contribution in [0.15, 0.2) is 54.7 Å². The summed E-state index contributed by atoms with van der Waals surface area (Å²) >= 11 is 0. The number of amides is 1. The number of fused-ring (bicyclic) bond motifs is 1. The molecule has 3 aromatic rings. The lowest BCUT2D eigenvalue weighted by molar-refractivity contribution is -0.115. The first kappa shape index (κ1) is 15.3. The summed E-state index contributed by atoms with van der Waals surface area (Å²) in [6.45, 7) is 3.11. The van der Waals surface area contributed by atoms with Gasteiger partial charge in [0.1, 0.15) is 0 Å². The summed E-state index contributed by atoms with van der Waals surface area (Å²) in [5.41, 5.74) is 3.85. The predicted octanol–water partition coefficient (Wildman–Crippen LogP) is 3.89. The van der Waals surface area contributed by atoms with Crippen molar-refractivity contribution in [2.24, 2.45) is 0 Å². The highest BCUT2D eigenvalue weighted by molar-refractivity contribution is 5.96. The third-order valence-corrected chi connectivity index (χ3v) is 3.78. The summed E-state index contributed by atoms with van der Waals surface area (Å²) in [6.07, 6.45) is 2.24. The van der Waals surface area contributed by atoms with Crippen LogP contribution in [-0.2, 0) is 22.6 Å². The van der Waals surface area contributed by atoms with E-state index in [9.17, 15) is 4.79 Å². The molecule has 0 saturated carbocycles. The van der Waals surface area contributed by atoms with E-state index in [-0.39, 0.29) is 5.91 Å². The SMILES string of the molecule is CCOCc1ccccc1NC(=O)Cc1c[nH]c2ccccc12. The minimum atomic E-state index is -0.0290. The number of hydrogen-bond acceptors (Lipinski definition) is 2. The van der Waals surface area contributed by atoms with Gasteiger partial charge in [-0.25, -0.2) is 0 Å². The summed E-state index contributed by atoms with van der Waals surface area (Å²) < 4.78 is 5.45. The molecule has 1 aromatic heterocycles. The van der Waals surface area contributed by atoms with Gasteiger partial charge in [-0.2, -0.15) is 0 Å². The van der Waals surface area contributed by atoms with Crippen LogP contribution in [0.25, 0.3) is 10.9 Å². The van der Waals surface area contributed by atoms with Gasteiger partial charge in [0.2, 0.25) is 5.91 Å². The van der Waals surface area contributed by atoms with Gasteiger partial charge in [0.25, 0.3) is 0 Å². The molecule has 0 aliphatic heterocycles. The molecule has 0 fully saturated rings. The van der Waals surface area contributed by atoms with Crippen LogP contribution in [0.2, 0.25) is 0 Å². The Kier molecular flexibility index (Phi) is 4.74. The number of ether oxygens (including phenoxy) is 1. The van der Waals surface area contributed by atoms with Crippen molar-refractivity contribution < 1.29 is 9.53 Å². The fourth-order valence-corrected chi connectivity index (χ4v) is 2.63. The number of carbonyl (C=O) groups is 1. The number of H-pyrrole nitrogens is 1. The molecule has 0 radical (unpaired) electrons. The Bertz CT molecular complexity index is 808. The van der Waals surface area contributed by atoms with Gasteiger partial charge in [-0.05, 0) is 24.6 Å². The second-order valence-electron chi connectivity index (χ2n) is 5.38. The number of nitrogens with one attached hydrogen (secondary N) is 2. The topological polar surface area (TPSA) is 54.1 Å². The average molecular weight is 308 g/mol. The van der Waals surface area contributed by atoms with Crippen LogP contribution >= 0.6 is 0 Å². The van der Waals surface area contributed by atoms with Crippen LogP contribution < -0.4 is 5.32 Å². The zero-order chi connectivity index (χ0) is 16.1. The summed E-state index contributed by atoms with van der Waals surface area (Å²) in [4.78, 5) is 15.6. The van der Waals surface area contributed by atoms with Crippen LogP contribution in [0.4, 0.5) is 5.69 Å². The summed E-state index contributed by atoms with van der Waals surface area (Å²) in [7, 11) is 0. The second kappa shape index (κ2) is 7.11. The maximum absolute atomic E-state index is 12.4. The van der Waals surface area contributed by atoms with Crippen LogP contribution in [-0.4, -0.2) is 17.5 Å². The van der Waals surface area contributed by atoms with Crippen LogP contribution in [0.1, 0.15) is 18.1 Å². The molecule has 0 aliphatic carbocycles. The minimum absolute atomic E-state index is 0.0290. The van der Waals surface area contributed by atoms with Crippen molar-refractivity contribution in [3.05, 3.63) is 65.9 Å². The first-order chi connectivity index (χ1) is 11.3. The Balaban J connectivity index is 1.72. The fraction of sp³-hybridized carbons (Fsp3) is 0.211. The number of aromatic nitrogens is 1. The van der Waals surface area contributed by atoms with Gasteiger partial charge in [-0.1, -0.05) is 36.4 Å². The second-order valence-corrected chi connectivity index (χ2v) is 5.38. The Morgan fingerprint density at radius 2 is 1.87 bits per heavy atom. The average Bonchev–Trinajstić information content (AvgIpc) is 2.97. The molecule has 2 aromatic carbocycles. The number of carbonyl (C=O) groups excluding carboxylic acids is 1. The predicted molar refractivity (Wildman–Crippen MR) is 92.4 cm³/mol. The molecule has 4 nitrogen and oxygen atoms in total. The highest BCUT2D eigenvalue weighted by Crippen LogP contribution is 2.20. The monoisotopic (exact) mass is 308 g/mol. The number of anilines is 1. The molecule has 2 N–H and O–H groups in total. The maximum atomic E-state index is 12.4. The van der Waals surface area contributed by atoms with Gasteiger partial charge in [0.15, 0.2) is 0 Å². The van der Waals surface area contributed by atoms with E-state index in [4.69, 9.17) is 4.74 Å². The Hall–Kier alpha value is -2.59. The van der Waals surface area contributed by atoms with Gasteiger partial charge in [-0.15, -0.1) is 0 Å². The van der Waals surface area contributed by atoms with E-state index in [2.05, 4.69) is 10.3 Å². The molecule has 0 unspecified atom stereocenters. The van der Waals surface area contributed by atoms with Crippen LogP contribution in [0.3, 0.4) is 0 Å². The van der Waals surface area contributed by atoms with Crippen molar-refractivity contribution in [2.45, 2.75) is 20.0 Å². The number of rotatable bonds is 6. The van der Waals surface area contributed by atoms with E-state index in [1.165, 1.54) is 0 Å². The van der Waals surface area contributed by atoms with Gasteiger partial charge in [-0.3, -0.25) is 4.79 Å². The molecule has 118 valence electrons. The molecule has 0 atom stereocenters. The van der Waals surface area contributed by atoms with E-state index in [1.54, 1.807) is 0 Å². The smallest absolute Gasteiger partial charge is 0.228 e. The van der Waals surface area contributed by atoms with Crippen molar-refractivity contribution in [1.82, 2.24) is 4.98 Å². The molecular formula is C19H20N2O2. The van der Waals surface area contributed by atoms with Crippen molar-refractivity contribution in [2.75, 3.05) is 11.9 Å². The first-order valence-electron chi connectivity index (χ1n) is 7.78. The van der Waals surface area contributed by atoms with E-state index < -0.39 is 0 Å². The highest BCUT2D eigenvalue weighted by atomic mass is 16.5. The number of para-hydroxylation sites is 2. The van der Waals surface area contributed by atoms with Crippen molar-refractivity contribution in [3.63, 3.8) is 0 Å². The molecule has 4 heteroatoms. The summed E-state index contributed by atoms with van der Waals surface area (Å²) in [5, 5.41) is 4.08. The maximum Gasteiger partial charge on any atom is 0.228 e. The summed E-state index contributed by atoms with van der Waals surface area (Å²) in [6, 6.07) is 15.7. The van der Waals surface area contributed by atoms with Gasteiger partial charge >= 0.3 is 0 Å². The standard InChI is InChI=1S/C19H20N2O2/c1-2-23-13-14-7-3-5-9-17(14)21-19(22)11-15-12-20-18-10-6-4-8-16(15)18/h3-10,12,20H,2,11,13H2,1H3,(H,21,22). The molecule has 1 amide bonds. The number of aromatic amines is 1. The Labute approximate surface area is 135 Å². The lowest BCUT2D eigenvalue weighted by atomic mass is 10.1. The van der Waals surface area contributed by atoms with Gasteiger partial charge in [0, 0.05) is 35.0 Å². The minimum Gasteiger partial charge on any atom is -0.377 e. The lowest BCUT2D eigenvalue weighted by Crippen LogP contribution is -2.15. The molecule has 0 aliphatic rings. The van der Waals surface area contributed by atoms with Crippen molar-refractivity contribution in [3.8, 4) is 0 Å². The third kappa shape index (κ3) is 3.60. The molecule has 0 saturated heterocycles. The molecule has 1 heterocycles. The number of hydrogen-bond donors (Lipinski definition) is 2. The van der Waals surface area contributed by atoms with Crippen LogP contribution in [0, 0.1) is 0 Å². The zero-order valence-electron chi connectivity index (χ0n) is 13.1. The largest absolute Gasteiger partial charge is 0.377 e.